The first-order valence-corrected chi connectivity index (χ1v) is 4.69. The Hall–Kier alpha value is -2.41. The highest BCUT2D eigenvalue weighted by molar-refractivity contribution is 5.84. The number of epoxide rings is 1. The Morgan fingerprint density at radius 3 is 1.78 bits per heavy atom. The predicted molar refractivity (Wildman–Crippen MR) is 56.5 cm³/mol. The zero-order valence-electron chi connectivity index (χ0n) is 9.29. The lowest BCUT2D eigenvalue weighted by atomic mass is 10.6. The van der Waals surface area contributed by atoms with Gasteiger partial charge >= 0.3 is 30.2 Å². The third-order valence-electron chi connectivity index (χ3n) is 1.71. The average Bonchev–Trinajstić information content (AvgIpc) is 3.00. The van der Waals surface area contributed by atoms with Crippen molar-refractivity contribution < 1.29 is 33.3 Å². The average molecular weight is 254 g/mol. The van der Waals surface area contributed by atoms with Crippen LogP contribution in [0.3, 0.4) is 0 Å². The summed E-state index contributed by atoms with van der Waals surface area (Å²) in [5.74, 6) is -4.74. The van der Waals surface area contributed by atoms with Crippen LogP contribution in [-0.4, -0.2) is 30.2 Å². The molecule has 0 amide bonds. The number of ether oxygens (including phenoxy) is 4. The van der Waals surface area contributed by atoms with Crippen LogP contribution in [0.1, 0.15) is 0 Å². The van der Waals surface area contributed by atoms with Gasteiger partial charge in [0.2, 0.25) is 0 Å². The molecule has 0 radical (unpaired) electrons. The van der Waals surface area contributed by atoms with Gasteiger partial charge in [0, 0.05) is 18.2 Å². The van der Waals surface area contributed by atoms with Gasteiger partial charge in [0.1, 0.15) is 0 Å². The summed E-state index contributed by atoms with van der Waals surface area (Å²) in [6.07, 6.45) is 1.18. The number of carbonyl (C=O) groups excluding carboxylic acids is 3. The van der Waals surface area contributed by atoms with Crippen molar-refractivity contribution in [1.82, 2.24) is 0 Å². The lowest BCUT2D eigenvalue weighted by Crippen LogP contribution is -2.30. The van der Waals surface area contributed by atoms with E-state index < -0.39 is 30.2 Å². The summed E-state index contributed by atoms with van der Waals surface area (Å²) in [7, 11) is 0. The van der Waals surface area contributed by atoms with E-state index in [4.69, 9.17) is 4.74 Å². The Labute approximate surface area is 102 Å². The first-order valence-electron chi connectivity index (χ1n) is 4.69. The van der Waals surface area contributed by atoms with Crippen LogP contribution in [0.25, 0.3) is 0 Å². The highest BCUT2D eigenvalue weighted by atomic mass is 17.0. The van der Waals surface area contributed by atoms with E-state index in [2.05, 4.69) is 33.9 Å². The van der Waals surface area contributed by atoms with E-state index in [9.17, 15) is 14.4 Å². The van der Waals surface area contributed by atoms with E-state index in [1.54, 1.807) is 0 Å². The molecule has 1 atom stereocenters. The molecule has 7 nitrogen and oxygen atoms in total. The molecule has 0 N–H and O–H groups in total. The van der Waals surface area contributed by atoms with Gasteiger partial charge in [0.05, 0.1) is 0 Å². The Bertz CT molecular complexity index is 401. The summed E-state index contributed by atoms with van der Waals surface area (Å²) in [4.78, 5) is 33.0. The lowest BCUT2D eigenvalue weighted by Gasteiger charge is -2.11. The largest absolute Gasteiger partial charge is 0.447 e. The molecule has 1 saturated heterocycles. The van der Waals surface area contributed by atoms with Gasteiger partial charge in [-0.1, -0.05) is 19.7 Å². The van der Waals surface area contributed by atoms with Crippen molar-refractivity contribution in [3.63, 3.8) is 0 Å². The van der Waals surface area contributed by atoms with Crippen LogP contribution in [0.5, 0.6) is 0 Å². The minimum atomic E-state index is -2.09. The summed E-state index contributed by atoms with van der Waals surface area (Å²) in [6.45, 7) is 9.48. The van der Waals surface area contributed by atoms with Crippen LogP contribution < -0.4 is 0 Å². The zero-order valence-corrected chi connectivity index (χ0v) is 9.29. The molecule has 1 unspecified atom stereocenters. The molecule has 1 heterocycles. The Morgan fingerprint density at radius 1 is 0.944 bits per heavy atom. The first kappa shape index (κ1) is 13.7. The maximum atomic E-state index is 11.0. The normalized spacial score (nSPS) is 19.0. The van der Waals surface area contributed by atoms with Crippen LogP contribution in [-0.2, 0) is 33.3 Å². The van der Waals surface area contributed by atoms with Crippen molar-refractivity contribution >= 4 is 17.9 Å². The number of carbonyl (C=O) groups is 3. The number of esters is 3. The Morgan fingerprint density at radius 2 is 1.39 bits per heavy atom. The van der Waals surface area contributed by atoms with Crippen LogP contribution in [0.4, 0.5) is 0 Å². The molecule has 96 valence electrons. The zero-order chi connectivity index (χ0) is 13.8. The topological polar surface area (TPSA) is 91.4 Å². The third kappa shape index (κ3) is 3.05. The second-order valence-electron chi connectivity index (χ2n) is 2.94. The first-order chi connectivity index (χ1) is 8.47. The molecule has 0 aromatic heterocycles. The van der Waals surface area contributed by atoms with Crippen LogP contribution >= 0.6 is 0 Å². The van der Waals surface area contributed by atoms with Crippen molar-refractivity contribution in [3.8, 4) is 0 Å². The molecule has 0 aromatic rings. The monoisotopic (exact) mass is 254 g/mol. The fraction of sp³-hybridized carbons (Fsp3) is 0.182. The van der Waals surface area contributed by atoms with Crippen molar-refractivity contribution in [2.45, 2.75) is 12.3 Å². The molecule has 0 aromatic carbocycles. The summed E-state index contributed by atoms with van der Waals surface area (Å²) < 4.78 is 18.7. The van der Waals surface area contributed by atoms with Crippen molar-refractivity contribution in [1.29, 1.82) is 0 Å². The molecule has 0 bridgehead atoms. The molecule has 7 heteroatoms. The van der Waals surface area contributed by atoms with Gasteiger partial charge in [-0.25, -0.2) is 14.4 Å². The third-order valence-corrected chi connectivity index (χ3v) is 1.71. The van der Waals surface area contributed by atoms with Gasteiger partial charge in [-0.3, -0.25) is 4.74 Å². The second kappa shape index (κ2) is 5.28. The maximum absolute atomic E-state index is 11.0. The van der Waals surface area contributed by atoms with Crippen molar-refractivity contribution in [2.24, 2.45) is 0 Å². The van der Waals surface area contributed by atoms with Crippen LogP contribution in [0.15, 0.2) is 38.0 Å². The quantitative estimate of drug-likeness (QED) is 0.289. The molecular formula is C11H10O7. The molecular weight excluding hydrogens is 244 g/mol. The van der Waals surface area contributed by atoms with Gasteiger partial charge in [0.15, 0.2) is 0 Å². The van der Waals surface area contributed by atoms with Gasteiger partial charge < -0.3 is 14.2 Å². The summed E-state index contributed by atoms with van der Waals surface area (Å²) >= 11 is 0. The molecule has 0 aliphatic carbocycles. The highest BCUT2D eigenvalue weighted by Gasteiger charge is 2.69. The molecule has 1 aliphatic rings. The van der Waals surface area contributed by atoms with Gasteiger partial charge in [0.25, 0.3) is 0 Å². The van der Waals surface area contributed by atoms with E-state index in [-0.39, 0.29) is 0 Å². The molecule has 1 fully saturated rings. The number of hydrogen-bond acceptors (Lipinski definition) is 7. The molecule has 0 saturated carbocycles. The highest BCUT2D eigenvalue weighted by Crippen LogP contribution is 2.40. The summed E-state index contributed by atoms with van der Waals surface area (Å²) in [5, 5.41) is 0. The van der Waals surface area contributed by atoms with Gasteiger partial charge in [-0.05, 0) is 0 Å². The molecule has 1 aliphatic heterocycles. The summed E-state index contributed by atoms with van der Waals surface area (Å²) in [6, 6.07) is 0. The summed E-state index contributed by atoms with van der Waals surface area (Å²) in [5.41, 5.74) is 0. The fourth-order valence-electron chi connectivity index (χ4n) is 0.894. The van der Waals surface area contributed by atoms with E-state index >= 15 is 0 Å². The van der Waals surface area contributed by atoms with Crippen LogP contribution in [0, 0.1) is 0 Å². The minimum absolute atomic E-state index is 0.828. The molecule has 1 rings (SSSR count). The van der Waals surface area contributed by atoms with E-state index in [1.165, 1.54) is 0 Å². The van der Waals surface area contributed by atoms with Gasteiger partial charge in [-0.2, -0.15) is 0 Å². The predicted octanol–water partition coefficient (Wildman–Crippen LogP) is 0.184. The molecule has 18 heavy (non-hydrogen) atoms. The fourth-order valence-corrected chi connectivity index (χ4v) is 0.894. The van der Waals surface area contributed by atoms with E-state index in [0.717, 1.165) is 18.2 Å². The number of hydrogen-bond donors (Lipinski definition) is 0. The van der Waals surface area contributed by atoms with Crippen molar-refractivity contribution in [3.05, 3.63) is 38.0 Å². The number of rotatable bonds is 6. The second-order valence-corrected chi connectivity index (χ2v) is 2.94. The van der Waals surface area contributed by atoms with Gasteiger partial charge in [-0.15, -0.1) is 0 Å². The minimum Gasteiger partial charge on any atom is -0.420 e. The van der Waals surface area contributed by atoms with E-state index in [0.29, 0.717) is 0 Å². The Balaban J connectivity index is 2.73. The molecule has 0 spiro atoms. The Kier molecular flexibility index (Phi) is 4.01. The maximum Gasteiger partial charge on any atom is 0.447 e. The SMILES string of the molecule is C=CC(=O)OC1OC1(OC(=O)C=C)OC(=O)C=C. The van der Waals surface area contributed by atoms with Crippen LogP contribution in [0.2, 0.25) is 0 Å². The smallest absolute Gasteiger partial charge is 0.420 e. The van der Waals surface area contributed by atoms with E-state index in [1.807, 2.05) is 0 Å². The standard InChI is InChI=1S/C11H10O7/c1-4-7(12)15-10-11(18-10,16-8(13)5-2)17-9(14)6-3/h4-6,10H,1-3H2. The lowest BCUT2D eigenvalue weighted by molar-refractivity contribution is -0.220. The van der Waals surface area contributed by atoms with Crippen molar-refractivity contribution in [2.75, 3.05) is 0 Å².